The Morgan fingerprint density at radius 2 is 2.17 bits per heavy atom. The predicted octanol–water partition coefficient (Wildman–Crippen LogP) is 1.97. The maximum atomic E-state index is 5.36. The Balaban J connectivity index is 3.79. The SMILES string of the molecule is C#C/C(C)=C\COC(C)(C)OC. The first kappa shape index (κ1) is 11.2. The molecule has 0 aromatic carbocycles. The van der Waals surface area contributed by atoms with Gasteiger partial charge in [-0.15, -0.1) is 6.42 Å². The molecule has 2 nitrogen and oxygen atoms in total. The zero-order valence-electron chi connectivity index (χ0n) is 8.18. The van der Waals surface area contributed by atoms with Crippen LogP contribution in [0.15, 0.2) is 11.6 Å². The van der Waals surface area contributed by atoms with Crippen LogP contribution in [-0.2, 0) is 9.47 Å². The molecule has 0 radical (unpaired) electrons. The molecule has 0 rings (SSSR count). The number of terminal acetylenes is 1. The minimum Gasteiger partial charge on any atom is -0.354 e. The molecule has 0 aliphatic rings. The van der Waals surface area contributed by atoms with Gasteiger partial charge in [0.25, 0.3) is 0 Å². The molecule has 0 N–H and O–H groups in total. The normalized spacial score (nSPS) is 12.8. The van der Waals surface area contributed by atoms with Crippen molar-refractivity contribution in [3.8, 4) is 12.3 Å². The van der Waals surface area contributed by atoms with Crippen molar-refractivity contribution < 1.29 is 9.47 Å². The molecule has 0 fully saturated rings. The number of methoxy groups -OCH3 is 1. The molecule has 0 spiro atoms. The van der Waals surface area contributed by atoms with Crippen LogP contribution in [0.1, 0.15) is 20.8 Å². The third-order valence-corrected chi connectivity index (χ3v) is 1.54. The highest BCUT2D eigenvalue weighted by Gasteiger charge is 2.14. The number of hydrogen-bond acceptors (Lipinski definition) is 2. The molecule has 0 aromatic rings. The zero-order chi connectivity index (χ0) is 9.61. The molecule has 0 heterocycles. The Morgan fingerprint density at radius 3 is 2.58 bits per heavy atom. The Morgan fingerprint density at radius 1 is 1.58 bits per heavy atom. The van der Waals surface area contributed by atoms with Gasteiger partial charge < -0.3 is 9.47 Å². The molecule has 12 heavy (non-hydrogen) atoms. The molecule has 0 saturated carbocycles. The highest BCUT2D eigenvalue weighted by Crippen LogP contribution is 2.08. The summed E-state index contributed by atoms with van der Waals surface area (Å²) < 4.78 is 10.4. The van der Waals surface area contributed by atoms with Gasteiger partial charge in [-0.2, -0.15) is 0 Å². The second kappa shape index (κ2) is 4.97. The number of allylic oxidation sites excluding steroid dienone is 1. The minimum atomic E-state index is -0.536. The standard InChI is InChI=1S/C10H16O2/c1-6-9(2)7-8-12-10(3,4)11-5/h1,7H,8H2,2-5H3/b9-7-. The van der Waals surface area contributed by atoms with Gasteiger partial charge in [0.05, 0.1) is 6.61 Å². The Hall–Kier alpha value is -0.780. The second-order valence-corrected chi connectivity index (χ2v) is 2.95. The van der Waals surface area contributed by atoms with Crippen LogP contribution < -0.4 is 0 Å². The third-order valence-electron chi connectivity index (χ3n) is 1.54. The summed E-state index contributed by atoms with van der Waals surface area (Å²) >= 11 is 0. The van der Waals surface area contributed by atoms with Crippen LogP contribution in [0.3, 0.4) is 0 Å². The first-order chi connectivity index (χ1) is 5.52. The third kappa shape index (κ3) is 4.95. The van der Waals surface area contributed by atoms with E-state index in [2.05, 4.69) is 5.92 Å². The highest BCUT2D eigenvalue weighted by molar-refractivity contribution is 5.22. The van der Waals surface area contributed by atoms with Gasteiger partial charge in [-0.05, 0) is 32.4 Å². The molecule has 0 atom stereocenters. The predicted molar refractivity (Wildman–Crippen MR) is 49.6 cm³/mol. The summed E-state index contributed by atoms with van der Waals surface area (Å²) in [6.07, 6.45) is 7.00. The molecule has 0 unspecified atom stereocenters. The summed E-state index contributed by atoms with van der Waals surface area (Å²) in [4.78, 5) is 0. The first-order valence-corrected chi connectivity index (χ1v) is 3.84. The molecule has 0 aromatic heterocycles. The quantitative estimate of drug-likeness (QED) is 0.472. The lowest BCUT2D eigenvalue weighted by Crippen LogP contribution is -2.26. The summed E-state index contributed by atoms with van der Waals surface area (Å²) in [6.45, 7) is 6.05. The van der Waals surface area contributed by atoms with E-state index < -0.39 is 5.79 Å². The van der Waals surface area contributed by atoms with E-state index in [1.165, 1.54) is 0 Å². The van der Waals surface area contributed by atoms with Crippen molar-refractivity contribution in [1.82, 2.24) is 0 Å². The number of ether oxygens (including phenoxy) is 2. The topological polar surface area (TPSA) is 18.5 Å². The summed E-state index contributed by atoms with van der Waals surface area (Å²) in [7, 11) is 1.61. The fourth-order valence-electron chi connectivity index (χ4n) is 0.485. The average molecular weight is 168 g/mol. The maximum Gasteiger partial charge on any atom is 0.162 e. The molecule has 0 saturated heterocycles. The highest BCUT2D eigenvalue weighted by atomic mass is 16.7. The molecule has 0 aliphatic heterocycles. The monoisotopic (exact) mass is 168 g/mol. The van der Waals surface area contributed by atoms with Crippen molar-refractivity contribution in [2.24, 2.45) is 0 Å². The summed E-state index contributed by atoms with van der Waals surface area (Å²) in [5.74, 6) is 1.97. The van der Waals surface area contributed by atoms with E-state index in [1.54, 1.807) is 7.11 Å². The van der Waals surface area contributed by atoms with Crippen LogP contribution in [0.5, 0.6) is 0 Å². The van der Waals surface area contributed by atoms with Crippen molar-refractivity contribution >= 4 is 0 Å². The Bertz CT molecular complexity index is 196. The molecule has 2 heteroatoms. The van der Waals surface area contributed by atoms with Crippen LogP contribution in [0, 0.1) is 12.3 Å². The summed E-state index contributed by atoms with van der Waals surface area (Å²) in [5, 5.41) is 0. The molecular weight excluding hydrogens is 152 g/mol. The van der Waals surface area contributed by atoms with Crippen molar-refractivity contribution in [3.05, 3.63) is 11.6 Å². The first-order valence-electron chi connectivity index (χ1n) is 3.84. The van der Waals surface area contributed by atoms with Crippen molar-refractivity contribution in [2.75, 3.05) is 13.7 Å². The van der Waals surface area contributed by atoms with E-state index in [0.717, 1.165) is 5.57 Å². The largest absolute Gasteiger partial charge is 0.354 e. The molecule has 0 bridgehead atoms. The van der Waals surface area contributed by atoms with E-state index in [1.807, 2.05) is 26.8 Å². The average Bonchev–Trinajstić information content (AvgIpc) is 2.04. The van der Waals surface area contributed by atoms with E-state index in [9.17, 15) is 0 Å². The van der Waals surface area contributed by atoms with Gasteiger partial charge in [0.1, 0.15) is 0 Å². The molecule has 68 valence electrons. The molecule has 0 amide bonds. The van der Waals surface area contributed by atoms with Crippen LogP contribution >= 0.6 is 0 Å². The van der Waals surface area contributed by atoms with Gasteiger partial charge in [0.2, 0.25) is 0 Å². The number of hydrogen-bond donors (Lipinski definition) is 0. The lowest BCUT2D eigenvalue weighted by molar-refractivity contribution is -0.189. The van der Waals surface area contributed by atoms with Crippen LogP contribution in [0.4, 0.5) is 0 Å². The maximum absolute atomic E-state index is 5.36. The van der Waals surface area contributed by atoms with Gasteiger partial charge in [-0.25, -0.2) is 0 Å². The van der Waals surface area contributed by atoms with Crippen molar-refractivity contribution in [3.63, 3.8) is 0 Å². The van der Waals surface area contributed by atoms with Gasteiger partial charge in [-0.3, -0.25) is 0 Å². The molecular formula is C10H16O2. The van der Waals surface area contributed by atoms with Gasteiger partial charge in [0, 0.05) is 7.11 Å². The van der Waals surface area contributed by atoms with Crippen LogP contribution in [0.25, 0.3) is 0 Å². The van der Waals surface area contributed by atoms with Crippen LogP contribution in [0.2, 0.25) is 0 Å². The van der Waals surface area contributed by atoms with Crippen molar-refractivity contribution in [2.45, 2.75) is 26.6 Å². The second-order valence-electron chi connectivity index (χ2n) is 2.95. The van der Waals surface area contributed by atoms with Gasteiger partial charge in [0.15, 0.2) is 5.79 Å². The number of rotatable bonds is 4. The smallest absolute Gasteiger partial charge is 0.162 e. The van der Waals surface area contributed by atoms with E-state index in [0.29, 0.717) is 6.61 Å². The Labute approximate surface area is 74.6 Å². The van der Waals surface area contributed by atoms with E-state index >= 15 is 0 Å². The fraction of sp³-hybridized carbons (Fsp3) is 0.600. The van der Waals surface area contributed by atoms with Crippen molar-refractivity contribution in [1.29, 1.82) is 0 Å². The lowest BCUT2D eigenvalue weighted by atomic mass is 10.3. The van der Waals surface area contributed by atoms with Gasteiger partial charge in [-0.1, -0.05) is 5.92 Å². The van der Waals surface area contributed by atoms with Crippen LogP contribution in [-0.4, -0.2) is 19.5 Å². The van der Waals surface area contributed by atoms with E-state index in [4.69, 9.17) is 15.9 Å². The Kier molecular flexibility index (Phi) is 4.65. The van der Waals surface area contributed by atoms with Gasteiger partial charge >= 0.3 is 0 Å². The summed E-state index contributed by atoms with van der Waals surface area (Å²) in [5.41, 5.74) is 0.877. The lowest BCUT2D eigenvalue weighted by Gasteiger charge is -2.22. The van der Waals surface area contributed by atoms with E-state index in [-0.39, 0.29) is 0 Å². The minimum absolute atomic E-state index is 0.483. The zero-order valence-corrected chi connectivity index (χ0v) is 8.18. The molecule has 0 aliphatic carbocycles. The fourth-order valence-corrected chi connectivity index (χ4v) is 0.485. The summed E-state index contributed by atoms with van der Waals surface area (Å²) in [6, 6.07) is 0.